The molecule has 1 aromatic rings. The van der Waals surface area contributed by atoms with Crippen molar-refractivity contribution in [2.75, 3.05) is 26.4 Å². The Hall–Kier alpha value is -0.910. The highest BCUT2D eigenvalue weighted by Crippen LogP contribution is 2.23. The molecule has 0 saturated carbocycles. The van der Waals surface area contributed by atoms with E-state index in [9.17, 15) is 0 Å². The first-order valence-electron chi connectivity index (χ1n) is 5.74. The normalized spacial score (nSPS) is 19.8. The van der Waals surface area contributed by atoms with E-state index in [2.05, 4.69) is 5.10 Å². The van der Waals surface area contributed by atoms with E-state index in [0.717, 1.165) is 32.6 Å². The molecule has 0 aliphatic carbocycles. The molecular weight excluding hydrogens is 206 g/mol. The van der Waals surface area contributed by atoms with Gasteiger partial charge in [-0.05, 0) is 6.07 Å². The summed E-state index contributed by atoms with van der Waals surface area (Å²) in [4.78, 5) is 0. The van der Waals surface area contributed by atoms with Crippen LogP contribution in [0.2, 0.25) is 0 Å². The average Bonchev–Trinajstić information content (AvgIpc) is 2.83. The summed E-state index contributed by atoms with van der Waals surface area (Å²) in [6, 6.07) is 1.91. The molecule has 0 spiro atoms. The van der Waals surface area contributed by atoms with Crippen molar-refractivity contribution < 1.29 is 9.47 Å². The smallest absolute Gasteiger partial charge is 0.0848 e. The first-order chi connectivity index (χ1) is 7.85. The third-order valence-electron chi connectivity index (χ3n) is 3.06. The lowest BCUT2D eigenvalue weighted by atomic mass is 9.94. The number of nitrogens with zero attached hydrogens (tertiary/aromatic N) is 2. The number of rotatable bonds is 5. The molecule has 90 valence electrons. The zero-order valence-corrected chi connectivity index (χ0v) is 9.47. The van der Waals surface area contributed by atoms with Crippen molar-refractivity contribution in [3.8, 4) is 0 Å². The molecule has 0 unspecified atom stereocenters. The summed E-state index contributed by atoms with van der Waals surface area (Å²) in [7, 11) is 0. The lowest BCUT2D eigenvalue weighted by Gasteiger charge is -2.36. The van der Waals surface area contributed by atoms with Crippen LogP contribution in [0.1, 0.15) is 12.8 Å². The lowest BCUT2D eigenvalue weighted by molar-refractivity contribution is -0.107. The van der Waals surface area contributed by atoms with E-state index >= 15 is 0 Å². The van der Waals surface area contributed by atoms with Crippen LogP contribution in [0.15, 0.2) is 18.5 Å². The molecule has 5 nitrogen and oxygen atoms in total. The van der Waals surface area contributed by atoms with E-state index < -0.39 is 0 Å². The second-order valence-corrected chi connectivity index (χ2v) is 4.12. The van der Waals surface area contributed by atoms with E-state index in [1.165, 1.54) is 0 Å². The molecule has 0 radical (unpaired) electrons. The molecular formula is C11H19N3O2. The molecule has 1 aliphatic heterocycles. The first kappa shape index (κ1) is 11.6. The molecule has 1 fully saturated rings. The molecule has 2 rings (SSSR count). The van der Waals surface area contributed by atoms with Crippen LogP contribution in [-0.4, -0.2) is 41.7 Å². The number of ether oxygens (including phenoxy) is 2. The van der Waals surface area contributed by atoms with Crippen LogP contribution in [0.5, 0.6) is 0 Å². The predicted octanol–water partition coefficient (Wildman–Crippen LogP) is 0.408. The quantitative estimate of drug-likeness (QED) is 0.788. The summed E-state index contributed by atoms with van der Waals surface area (Å²) in [5.74, 6) is 0. The molecule has 16 heavy (non-hydrogen) atoms. The fraction of sp³-hybridized carbons (Fsp3) is 0.727. The summed E-state index contributed by atoms with van der Waals surface area (Å²) in [6.07, 6.45) is 5.49. The Morgan fingerprint density at radius 1 is 1.44 bits per heavy atom. The second kappa shape index (κ2) is 5.43. The van der Waals surface area contributed by atoms with Gasteiger partial charge in [0, 0.05) is 45.0 Å². The molecule has 0 bridgehead atoms. The van der Waals surface area contributed by atoms with Crippen LogP contribution in [0.25, 0.3) is 0 Å². The van der Waals surface area contributed by atoms with Crippen molar-refractivity contribution in [1.29, 1.82) is 0 Å². The van der Waals surface area contributed by atoms with Crippen molar-refractivity contribution in [2.24, 2.45) is 5.73 Å². The van der Waals surface area contributed by atoms with Gasteiger partial charge in [-0.2, -0.15) is 5.10 Å². The molecule has 1 aliphatic rings. The molecule has 5 heteroatoms. The van der Waals surface area contributed by atoms with Crippen molar-refractivity contribution in [2.45, 2.75) is 25.0 Å². The number of hydrogen-bond donors (Lipinski definition) is 1. The third kappa shape index (κ3) is 2.81. The first-order valence-corrected chi connectivity index (χ1v) is 5.74. The van der Waals surface area contributed by atoms with Gasteiger partial charge in [-0.15, -0.1) is 0 Å². The van der Waals surface area contributed by atoms with Gasteiger partial charge in [0.15, 0.2) is 0 Å². The van der Waals surface area contributed by atoms with Gasteiger partial charge in [0.25, 0.3) is 0 Å². The molecule has 1 saturated heterocycles. The summed E-state index contributed by atoms with van der Waals surface area (Å²) in [5.41, 5.74) is 5.62. The van der Waals surface area contributed by atoms with Gasteiger partial charge in [-0.1, -0.05) is 0 Å². The molecule has 0 atom stereocenters. The van der Waals surface area contributed by atoms with E-state index in [1.807, 2.05) is 16.9 Å². The van der Waals surface area contributed by atoms with E-state index in [0.29, 0.717) is 13.2 Å². The molecule has 2 N–H and O–H groups in total. The topological polar surface area (TPSA) is 62.3 Å². The van der Waals surface area contributed by atoms with Crippen molar-refractivity contribution in [3.63, 3.8) is 0 Å². The maximum atomic E-state index is 5.93. The monoisotopic (exact) mass is 225 g/mol. The Balaban J connectivity index is 1.78. The highest BCUT2D eigenvalue weighted by Gasteiger charge is 2.31. The van der Waals surface area contributed by atoms with Crippen LogP contribution in [0, 0.1) is 0 Å². The minimum Gasteiger partial charge on any atom is -0.381 e. The highest BCUT2D eigenvalue weighted by atomic mass is 16.5. The molecule has 2 heterocycles. The second-order valence-electron chi connectivity index (χ2n) is 4.12. The van der Waals surface area contributed by atoms with Gasteiger partial charge < -0.3 is 15.2 Å². The molecule has 0 amide bonds. The van der Waals surface area contributed by atoms with E-state index in [4.69, 9.17) is 15.2 Å². The standard InChI is InChI=1S/C11H19N3O2/c12-10-11(2-7-15-8-3-11)16-9-6-14-5-1-4-13-14/h1,4-5H,2-3,6-10,12H2. The SMILES string of the molecule is NCC1(OCCn2cccn2)CCOCC1. The number of nitrogens with two attached hydrogens (primary N) is 1. The largest absolute Gasteiger partial charge is 0.381 e. The fourth-order valence-electron chi connectivity index (χ4n) is 1.94. The van der Waals surface area contributed by atoms with E-state index in [-0.39, 0.29) is 5.60 Å². The lowest BCUT2D eigenvalue weighted by Crippen LogP contribution is -2.46. The molecule has 0 aromatic carbocycles. The Kier molecular flexibility index (Phi) is 3.93. The Bertz CT molecular complexity index is 294. The van der Waals surface area contributed by atoms with Crippen molar-refractivity contribution in [3.05, 3.63) is 18.5 Å². The van der Waals surface area contributed by atoms with E-state index in [1.54, 1.807) is 6.20 Å². The summed E-state index contributed by atoms with van der Waals surface area (Å²) >= 11 is 0. The highest BCUT2D eigenvalue weighted by molar-refractivity contribution is 4.84. The minimum atomic E-state index is -0.175. The Labute approximate surface area is 95.5 Å². The van der Waals surface area contributed by atoms with Crippen LogP contribution in [0.4, 0.5) is 0 Å². The summed E-state index contributed by atoms with van der Waals surface area (Å²) < 4.78 is 13.1. The Morgan fingerprint density at radius 2 is 2.25 bits per heavy atom. The minimum absolute atomic E-state index is 0.175. The van der Waals surface area contributed by atoms with Crippen LogP contribution >= 0.6 is 0 Å². The number of hydrogen-bond acceptors (Lipinski definition) is 4. The van der Waals surface area contributed by atoms with Gasteiger partial charge >= 0.3 is 0 Å². The third-order valence-corrected chi connectivity index (χ3v) is 3.06. The molecule has 1 aromatic heterocycles. The maximum Gasteiger partial charge on any atom is 0.0848 e. The van der Waals surface area contributed by atoms with Crippen molar-refractivity contribution >= 4 is 0 Å². The van der Waals surface area contributed by atoms with Gasteiger partial charge in [-0.3, -0.25) is 4.68 Å². The predicted molar refractivity (Wildman–Crippen MR) is 60.0 cm³/mol. The van der Waals surface area contributed by atoms with Gasteiger partial charge in [-0.25, -0.2) is 0 Å². The average molecular weight is 225 g/mol. The maximum absolute atomic E-state index is 5.93. The summed E-state index contributed by atoms with van der Waals surface area (Å²) in [6.45, 7) is 3.49. The summed E-state index contributed by atoms with van der Waals surface area (Å²) in [5, 5.41) is 4.13. The van der Waals surface area contributed by atoms with Gasteiger partial charge in [0.05, 0.1) is 18.8 Å². The Morgan fingerprint density at radius 3 is 2.88 bits per heavy atom. The van der Waals surface area contributed by atoms with Crippen LogP contribution < -0.4 is 5.73 Å². The number of aromatic nitrogens is 2. The van der Waals surface area contributed by atoms with Gasteiger partial charge in [0.1, 0.15) is 0 Å². The zero-order valence-electron chi connectivity index (χ0n) is 9.47. The van der Waals surface area contributed by atoms with Crippen LogP contribution in [-0.2, 0) is 16.0 Å². The van der Waals surface area contributed by atoms with Crippen molar-refractivity contribution in [1.82, 2.24) is 9.78 Å². The van der Waals surface area contributed by atoms with Gasteiger partial charge in [0.2, 0.25) is 0 Å². The van der Waals surface area contributed by atoms with Crippen LogP contribution in [0.3, 0.4) is 0 Å². The fourth-order valence-corrected chi connectivity index (χ4v) is 1.94. The zero-order chi connectivity index (χ0) is 11.3.